The van der Waals surface area contributed by atoms with Gasteiger partial charge in [-0.1, -0.05) is 44.2 Å². The zero-order valence-corrected chi connectivity index (χ0v) is 11.5. The molecule has 1 unspecified atom stereocenters. The standard InChI is InChI=1S/C16H21NO/c1-11(2)16(17-3)14-9-10-15(18-4)13-8-6-5-7-12(13)14/h5-11,16-17H,1-4H3. The topological polar surface area (TPSA) is 21.3 Å². The molecule has 1 N–H and O–H groups in total. The Balaban J connectivity index is 2.65. The van der Waals surface area contributed by atoms with Crippen LogP contribution in [-0.2, 0) is 0 Å². The molecule has 0 radical (unpaired) electrons. The van der Waals surface area contributed by atoms with E-state index in [0.29, 0.717) is 12.0 Å². The fraction of sp³-hybridized carbons (Fsp3) is 0.375. The van der Waals surface area contributed by atoms with Gasteiger partial charge in [-0.2, -0.15) is 0 Å². The first-order chi connectivity index (χ1) is 8.69. The molecule has 0 aliphatic heterocycles. The van der Waals surface area contributed by atoms with Gasteiger partial charge in [0.2, 0.25) is 0 Å². The van der Waals surface area contributed by atoms with E-state index in [9.17, 15) is 0 Å². The average molecular weight is 243 g/mol. The first-order valence-corrected chi connectivity index (χ1v) is 6.42. The summed E-state index contributed by atoms with van der Waals surface area (Å²) in [5.41, 5.74) is 1.34. The fourth-order valence-corrected chi connectivity index (χ4v) is 2.59. The number of nitrogens with one attached hydrogen (secondary N) is 1. The van der Waals surface area contributed by atoms with Crippen LogP contribution in [0.2, 0.25) is 0 Å². The van der Waals surface area contributed by atoms with E-state index in [1.807, 2.05) is 7.05 Å². The molecule has 18 heavy (non-hydrogen) atoms. The van der Waals surface area contributed by atoms with Gasteiger partial charge in [0.15, 0.2) is 0 Å². The molecule has 2 aromatic carbocycles. The summed E-state index contributed by atoms with van der Waals surface area (Å²) in [6.45, 7) is 4.47. The number of hydrogen-bond acceptors (Lipinski definition) is 2. The van der Waals surface area contributed by atoms with Crippen LogP contribution < -0.4 is 10.1 Å². The van der Waals surface area contributed by atoms with E-state index in [2.05, 4.69) is 55.6 Å². The van der Waals surface area contributed by atoms with E-state index >= 15 is 0 Å². The lowest BCUT2D eigenvalue weighted by Gasteiger charge is -2.23. The second-order valence-corrected chi connectivity index (χ2v) is 4.91. The summed E-state index contributed by atoms with van der Waals surface area (Å²) in [6, 6.07) is 13.0. The molecule has 0 aromatic heterocycles. The minimum atomic E-state index is 0.362. The molecule has 1 atom stereocenters. The van der Waals surface area contributed by atoms with Crippen LogP contribution in [-0.4, -0.2) is 14.2 Å². The first-order valence-electron chi connectivity index (χ1n) is 6.42. The Morgan fingerprint density at radius 1 is 1.00 bits per heavy atom. The summed E-state index contributed by atoms with van der Waals surface area (Å²) >= 11 is 0. The quantitative estimate of drug-likeness (QED) is 0.882. The minimum Gasteiger partial charge on any atom is -0.496 e. The van der Waals surface area contributed by atoms with Crippen molar-refractivity contribution in [1.82, 2.24) is 5.32 Å². The largest absolute Gasteiger partial charge is 0.496 e. The highest BCUT2D eigenvalue weighted by molar-refractivity contribution is 5.91. The summed E-state index contributed by atoms with van der Waals surface area (Å²) in [4.78, 5) is 0. The monoisotopic (exact) mass is 243 g/mol. The van der Waals surface area contributed by atoms with Crippen LogP contribution in [0.25, 0.3) is 10.8 Å². The molecular formula is C16H21NO. The Kier molecular flexibility index (Phi) is 3.87. The van der Waals surface area contributed by atoms with Gasteiger partial charge >= 0.3 is 0 Å². The van der Waals surface area contributed by atoms with Crippen LogP contribution in [0, 0.1) is 5.92 Å². The molecule has 0 amide bonds. The third kappa shape index (κ3) is 2.21. The van der Waals surface area contributed by atoms with Gasteiger partial charge in [0.1, 0.15) is 5.75 Å². The van der Waals surface area contributed by atoms with Crippen LogP contribution in [0.5, 0.6) is 5.75 Å². The summed E-state index contributed by atoms with van der Waals surface area (Å²) < 4.78 is 5.44. The predicted molar refractivity (Wildman–Crippen MR) is 77.1 cm³/mol. The molecule has 2 rings (SSSR count). The maximum Gasteiger partial charge on any atom is 0.126 e. The van der Waals surface area contributed by atoms with E-state index in [1.54, 1.807) is 7.11 Å². The van der Waals surface area contributed by atoms with Gasteiger partial charge in [-0.3, -0.25) is 0 Å². The molecule has 2 nitrogen and oxygen atoms in total. The predicted octanol–water partition coefficient (Wildman–Crippen LogP) is 3.76. The Labute approximate surface area is 109 Å². The second kappa shape index (κ2) is 5.40. The van der Waals surface area contributed by atoms with Crippen LogP contribution >= 0.6 is 0 Å². The zero-order chi connectivity index (χ0) is 13.1. The lowest BCUT2D eigenvalue weighted by atomic mass is 9.91. The van der Waals surface area contributed by atoms with Crippen LogP contribution in [0.15, 0.2) is 36.4 Å². The van der Waals surface area contributed by atoms with E-state index in [0.717, 1.165) is 5.75 Å². The van der Waals surface area contributed by atoms with Crippen LogP contribution in [0.4, 0.5) is 0 Å². The Morgan fingerprint density at radius 2 is 1.67 bits per heavy atom. The van der Waals surface area contributed by atoms with Gasteiger partial charge in [0.05, 0.1) is 7.11 Å². The van der Waals surface area contributed by atoms with Crippen molar-refractivity contribution in [2.45, 2.75) is 19.9 Å². The van der Waals surface area contributed by atoms with Crippen molar-refractivity contribution in [2.75, 3.05) is 14.2 Å². The zero-order valence-electron chi connectivity index (χ0n) is 11.5. The van der Waals surface area contributed by atoms with Crippen molar-refractivity contribution in [1.29, 1.82) is 0 Å². The Hall–Kier alpha value is -1.54. The van der Waals surface area contributed by atoms with Gasteiger partial charge in [-0.25, -0.2) is 0 Å². The van der Waals surface area contributed by atoms with Gasteiger partial charge in [0, 0.05) is 11.4 Å². The molecule has 0 spiro atoms. The summed E-state index contributed by atoms with van der Waals surface area (Å²) in [5.74, 6) is 1.49. The van der Waals surface area contributed by atoms with Gasteiger partial charge in [0.25, 0.3) is 0 Å². The summed E-state index contributed by atoms with van der Waals surface area (Å²) in [5, 5.41) is 5.85. The van der Waals surface area contributed by atoms with E-state index in [1.165, 1.54) is 16.3 Å². The molecule has 0 heterocycles. The van der Waals surface area contributed by atoms with Crippen molar-refractivity contribution in [3.05, 3.63) is 42.0 Å². The lowest BCUT2D eigenvalue weighted by Crippen LogP contribution is -2.21. The highest BCUT2D eigenvalue weighted by Gasteiger charge is 2.17. The fourth-order valence-electron chi connectivity index (χ4n) is 2.59. The first kappa shape index (κ1) is 12.9. The van der Waals surface area contributed by atoms with Crippen molar-refractivity contribution in [3.63, 3.8) is 0 Å². The molecular weight excluding hydrogens is 222 g/mol. The normalized spacial score (nSPS) is 12.9. The van der Waals surface area contributed by atoms with Crippen molar-refractivity contribution >= 4 is 10.8 Å². The number of rotatable bonds is 4. The summed E-state index contributed by atoms with van der Waals surface area (Å²) in [6.07, 6.45) is 0. The molecule has 0 saturated carbocycles. The summed E-state index contributed by atoms with van der Waals surface area (Å²) in [7, 11) is 3.74. The third-order valence-corrected chi connectivity index (χ3v) is 3.45. The maximum absolute atomic E-state index is 5.44. The van der Waals surface area contributed by atoms with Crippen molar-refractivity contribution in [3.8, 4) is 5.75 Å². The highest BCUT2D eigenvalue weighted by Crippen LogP contribution is 2.33. The highest BCUT2D eigenvalue weighted by atomic mass is 16.5. The van der Waals surface area contributed by atoms with Crippen molar-refractivity contribution in [2.24, 2.45) is 5.92 Å². The Morgan fingerprint density at radius 3 is 2.22 bits per heavy atom. The molecule has 0 aliphatic carbocycles. The van der Waals surface area contributed by atoms with E-state index < -0.39 is 0 Å². The van der Waals surface area contributed by atoms with E-state index in [-0.39, 0.29) is 0 Å². The number of methoxy groups -OCH3 is 1. The number of hydrogen-bond donors (Lipinski definition) is 1. The molecule has 96 valence electrons. The van der Waals surface area contributed by atoms with Gasteiger partial charge in [-0.05, 0) is 30.0 Å². The Bertz CT molecular complexity index is 534. The molecule has 0 saturated heterocycles. The smallest absolute Gasteiger partial charge is 0.126 e. The minimum absolute atomic E-state index is 0.362. The van der Waals surface area contributed by atoms with Gasteiger partial charge < -0.3 is 10.1 Å². The van der Waals surface area contributed by atoms with Crippen LogP contribution in [0.1, 0.15) is 25.5 Å². The van der Waals surface area contributed by atoms with Crippen molar-refractivity contribution < 1.29 is 4.74 Å². The number of benzene rings is 2. The molecule has 0 aliphatic rings. The molecule has 0 fully saturated rings. The average Bonchev–Trinajstić information content (AvgIpc) is 2.39. The molecule has 2 heteroatoms. The van der Waals surface area contributed by atoms with Gasteiger partial charge in [-0.15, -0.1) is 0 Å². The SMILES string of the molecule is CNC(c1ccc(OC)c2ccccc12)C(C)C. The number of fused-ring (bicyclic) bond motifs is 1. The second-order valence-electron chi connectivity index (χ2n) is 4.91. The lowest BCUT2D eigenvalue weighted by molar-refractivity contribution is 0.418. The maximum atomic E-state index is 5.44. The number of ether oxygens (including phenoxy) is 1. The molecule has 0 bridgehead atoms. The third-order valence-electron chi connectivity index (χ3n) is 3.45. The van der Waals surface area contributed by atoms with E-state index in [4.69, 9.17) is 4.74 Å². The molecule has 2 aromatic rings. The van der Waals surface area contributed by atoms with Crippen LogP contribution in [0.3, 0.4) is 0 Å².